The third-order valence-corrected chi connectivity index (χ3v) is 8.38. The molecule has 0 radical (unpaired) electrons. The summed E-state index contributed by atoms with van der Waals surface area (Å²) in [5, 5.41) is 2.42. The van der Waals surface area contributed by atoms with Gasteiger partial charge in [-0.1, -0.05) is 36.4 Å². The molecular weight excluding hydrogens is 326 g/mol. The summed E-state index contributed by atoms with van der Waals surface area (Å²) in [6.45, 7) is 0. The van der Waals surface area contributed by atoms with E-state index in [0.717, 1.165) is 36.5 Å². The van der Waals surface area contributed by atoms with Gasteiger partial charge in [-0.2, -0.15) is 16.1 Å². The Morgan fingerprint density at radius 1 is 1.00 bits per heavy atom. The van der Waals surface area contributed by atoms with Crippen molar-refractivity contribution < 1.29 is 8.42 Å². The zero-order chi connectivity index (χ0) is 16.0. The van der Waals surface area contributed by atoms with Crippen LogP contribution in [0.25, 0.3) is 10.8 Å². The van der Waals surface area contributed by atoms with Gasteiger partial charge < -0.3 is 0 Å². The first kappa shape index (κ1) is 15.5. The maximum absolute atomic E-state index is 13.4. The minimum atomic E-state index is -3.43. The molecule has 2 saturated heterocycles. The second-order valence-electron chi connectivity index (χ2n) is 6.53. The predicted octanol–water partition coefficient (Wildman–Crippen LogP) is 3.89. The average Bonchev–Trinajstić information content (AvgIpc) is 2.86. The van der Waals surface area contributed by atoms with Crippen molar-refractivity contribution in [3.8, 4) is 0 Å². The number of benzene rings is 2. The molecule has 2 aliphatic rings. The standard InChI is InChI=1S/C18H21NO2S2/c1-22-16-11-14-9-10-15(12-16)19(14)23(20,21)18-8-4-6-13-5-2-3-7-17(13)18/h2-8,14-16H,9-12H2,1H3. The van der Waals surface area contributed by atoms with E-state index in [4.69, 9.17) is 0 Å². The Kier molecular flexibility index (Phi) is 3.90. The molecule has 3 nitrogen and oxygen atoms in total. The van der Waals surface area contributed by atoms with Crippen LogP contribution in [0.3, 0.4) is 0 Å². The van der Waals surface area contributed by atoms with E-state index in [9.17, 15) is 8.42 Å². The van der Waals surface area contributed by atoms with Gasteiger partial charge in [0.05, 0.1) is 4.90 Å². The van der Waals surface area contributed by atoms with Crippen LogP contribution in [0.1, 0.15) is 25.7 Å². The first-order chi connectivity index (χ1) is 11.1. The van der Waals surface area contributed by atoms with Crippen LogP contribution in [0.4, 0.5) is 0 Å². The third kappa shape index (κ3) is 2.49. The number of thioether (sulfide) groups is 1. The highest BCUT2D eigenvalue weighted by Gasteiger charge is 2.47. The lowest BCUT2D eigenvalue weighted by molar-refractivity contribution is 0.253. The van der Waals surface area contributed by atoms with Gasteiger partial charge in [-0.3, -0.25) is 0 Å². The summed E-state index contributed by atoms with van der Waals surface area (Å²) < 4.78 is 28.6. The van der Waals surface area contributed by atoms with E-state index in [-0.39, 0.29) is 12.1 Å². The minimum Gasteiger partial charge on any atom is -0.207 e. The van der Waals surface area contributed by atoms with Gasteiger partial charge >= 0.3 is 0 Å². The highest BCUT2D eigenvalue weighted by molar-refractivity contribution is 7.99. The van der Waals surface area contributed by atoms with Crippen molar-refractivity contribution in [2.24, 2.45) is 0 Å². The molecule has 0 aromatic heterocycles. The van der Waals surface area contributed by atoms with Crippen molar-refractivity contribution in [1.29, 1.82) is 0 Å². The van der Waals surface area contributed by atoms with Gasteiger partial charge in [0.1, 0.15) is 0 Å². The monoisotopic (exact) mass is 347 g/mol. The molecule has 5 heteroatoms. The van der Waals surface area contributed by atoms with Crippen LogP contribution in [-0.4, -0.2) is 36.3 Å². The molecule has 0 N–H and O–H groups in total. The van der Waals surface area contributed by atoms with Crippen molar-refractivity contribution in [3.05, 3.63) is 42.5 Å². The molecule has 2 aliphatic heterocycles. The highest BCUT2D eigenvalue weighted by Crippen LogP contribution is 2.43. The summed E-state index contributed by atoms with van der Waals surface area (Å²) in [4.78, 5) is 0.468. The summed E-state index contributed by atoms with van der Waals surface area (Å²) in [6, 6.07) is 13.7. The summed E-state index contributed by atoms with van der Waals surface area (Å²) in [6.07, 6.45) is 6.12. The lowest BCUT2D eigenvalue weighted by Gasteiger charge is -2.37. The first-order valence-corrected chi connectivity index (χ1v) is 10.9. The van der Waals surface area contributed by atoms with E-state index < -0.39 is 10.0 Å². The average molecular weight is 348 g/mol. The second kappa shape index (κ2) is 5.80. The molecule has 2 aromatic carbocycles. The van der Waals surface area contributed by atoms with Crippen LogP contribution < -0.4 is 0 Å². The zero-order valence-corrected chi connectivity index (χ0v) is 14.8. The predicted molar refractivity (Wildman–Crippen MR) is 96.3 cm³/mol. The van der Waals surface area contributed by atoms with Crippen molar-refractivity contribution >= 4 is 32.6 Å². The summed E-state index contributed by atoms with van der Waals surface area (Å²) >= 11 is 1.88. The fraction of sp³-hybridized carbons (Fsp3) is 0.444. The van der Waals surface area contributed by atoms with Gasteiger partial charge in [0.2, 0.25) is 10.0 Å². The Labute approximate surface area is 142 Å². The van der Waals surface area contributed by atoms with Crippen LogP contribution in [0.2, 0.25) is 0 Å². The smallest absolute Gasteiger partial charge is 0.207 e. The summed E-state index contributed by atoms with van der Waals surface area (Å²) in [5.74, 6) is 0. The molecule has 0 spiro atoms. The number of sulfonamides is 1. The summed E-state index contributed by atoms with van der Waals surface area (Å²) in [7, 11) is -3.43. The lowest BCUT2D eigenvalue weighted by Crippen LogP contribution is -2.47. The van der Waals surface area contributed by atoms with Crippen LogP contribution in [-0.2, 0) is 10.0 Å². The van der Waals surface area contributed by atoms with E-state index in [2.05, 4.69) is 6.26 Å². The molecule has 2 aromatic rings. The van der Waals surface area contributed by atoms with Crippen molar-refractivity contribution in [3.63, 3.8) is 0 Å². The van der Waals surface area contributed by atoms with E-state index >= 15 is 0 Å². The van der Waals surface area contributed by atoms with Crippen LogP contribution in [0.15, 0.2) is 47.4 Å². The number of fused-ring (bicyclic) bond motifs is 3. The fourth-order valence-electron chi connectivity index (χ4n) is 4.20. The van der Waals surface area contributed by atoms with Crippen LogP contribution in [0, 0.1) is 0 Å². The number of hydrogen-bond donors (Lipinski definition) is 0. The SMILES string of the molecule is CSC1CC2CCC(C1)N2S(=O)(=O)c1cccc2ccccc12. The highest BCUT2D eigenvalue weighted by atomic mass is 32.2. The summed E-state index contributed by atoms with van der Waals surface area (Å²) in [5.41, 5.74) is 0. The van der Waals surface area contributed by atoms with Crippen LogP contribution in [0.5, 0.6) is 0 Å². The topological polar surface area (TPSA) is 37.4 Å². The van der Waals surface area contributed by atoms with E-state index in [1.165, 1.54) is 0 Å². The van der Waals surface area contributed by atoms with E-state index in [1.807, 2.05) is 52.5 Å². The second-order valence-corrected chi connectivity index (χ2v) is 9.48. The van der Waals surface area contributed by atoms with Crippen molar-refractivity contribution in [2.45, 2.75) is 47.9 Å². The Morgan fingerprint density at radius 3 is 2.35 bits per heavy atom. The first-order valence-electron chi connectivity index (χ1n) is 8.15. The van der Waals surface area contributed by atoms with Crippen LogP contribution >= 0.6 is 11.8 Å². The molecule has 4 rings (SSSR count). The number of piperidine rings is 1. The van der Waals surface area contributed by atoms with Gasteiger partial charge in [-0.25, -0.2) is 8.42 Å². The molecule has 0 amide bonds. The molecule has 2 fully saturated rings. The van der Waals surface area contributed by atoms with Gasteiger partial charge in [0.15, 0.2) is 0 Å². The zero-order valence-electron chi connectivity index (χ0n) is 13.2. The molecule has 122 valence electrons. The van der Waals surface area contributed by atoms with Crippen molar-refractivity contribution in [1.82, 2.24) is 4.31 Å². The Morgan fingerprint density at radius 2 is 1.65 bits per heavy atom. The lowest BCUT2D eigenvalue weighted by atomic mass is 10.1. The number of nitrogens with zero attached hydrogens (tertiary/aromatic N) is 1. The maximum atomic E-state index is 13.4. The molecule has 2 atom stereocenters. The molecule has 0 saturated carbocycles. The van der Waals surface area contributed by atoms with Gasteiger partial charge in [-0.05, 0) is 43.4 Å². The Bertz CT molecular complexity index is 815. The minimum absolute atomic E-state index is 0.176. The largest absolute Gasteiger partial charge is 0.244 e. The molecule has 2 bridgehead atoms. The van der Waals surface area contributed by atoms with E-state index in [1.54, 1.807) is 6.07 Å². The third-order valence-electron chi connectivity index (χ3n) is 5.26. The van der Waals surface area contributed by atoms with Gasteiger partial charge in [0.25, 0.3) is 0 Å². The van der Waals surface area contributed by atoms with Crippen molar-refractivity contribution in [2.75, 3.05) is 6.26 Å². The van der Waals surface area contributed by atoms with Gasteiger partial charge in [0, 0.05) is 22.7 Å². The Hall–Kier alpha value is -1.04. The number of hydrogen-bond acceptors (Lipinski definition) is 3. The molecular formula is C18H21NO2S2. The number of rotatable bonds is 3. The maximum Gasteiger partial charge on any atom is 0.244 e. The fourth-order valence-corrected chi connectivity index (χ4v) is 7.14. The molecule has 2 unspecified atom stereocenters. The molecule has 0 aliphatic carbocycles. The normalized spacial score (nSPS) is 28.3. The molecule has 23 heavy (non-hydrogen) atoms. The quantitative estimate of drug-likeness (QED) is 0.845. The molecule has 2 heterocycles. The Balaban J connectivity index is 1.79. The van der Waals surface area contributed by atoms with E-state index in [0.29, 0.717) is 10.1 Å². The van der Waals surface area contributed by atoms with Gasteiger partial charge in [-0.15, -0.1) is 0 Å².